The van der Waals surface area contributed by atoms with E-state index in [0.717, 1.165) is 17.0 Å². The van der Waals surface area contributed by atoms with Crippen LogP contribution in [0, 0.1) is 6.92 Å². The van der Waals surface area contributed by atoms with Gasteiger partial charge in [0.25, 0.3) is 0 Å². The fourth-order valence-corrected chi connectivity index (χ4v) is 2.02. The highest BCUT2D eigenvalue weighted by molar-refractivity contribution is 9.10. The summed E-state index contributed by atoms with van der Waals surface area (Å²) in [5, 5.41) is 0.613. The molecule has 0 bridgehead atoms. The highest BCUT2D eigenvalue weighted by Gasteiger charge is 2.29. The van der Waals surface area contributed by atoms with E-state index in [4.69, 9.17) is 11.6 Å². The number of fused-ring (bicyclic) bond motifs is 1. The zero-order valence-electron chi connectivity index (χ0n) is 9.06. The summed E-state index contributed by atoms with van der Waals surface area (Å²) in [6, 6.07) is 3.49. The van der Waals surface area contributed by atoms with Gasteiger partial charge in [0.1, 0.15) is 5.15 Å². The Balaban J connectivity index is 2.84. The summed E-state index contributed by atoms with van der Waals surface area (Å²) in [4.78, 5) is 7.52. The van der Waals surface area contributed by atoms with Gasteiger partial charge in [0.15, 0.2) is 0 Å². The summed E-state index contributed by atoms with van der Waals surface area (Å²) in [7, 11) is 0. The molecule has 0 aliphatic heterocycles. The number of hydrogen-bond acceptors (Lipinski definition) is 2. The summed E-state index contributed by atoms with van der Waals surface area (Å²) >= 11 is 9.22. The van der Waals surface area contributed by atoms with Gasteiger partial charge in [-0.3, -0.25) is 0 Å². The Morgan fingerprint density at radius 2 is 1.94 bits per heavy atom. The van der Waals surface area contributed by atoms with Gasteiger partial charge in [-0.25, -0.2) is 9.97 Å². The smallest absolute Gasteiger partial charge is 0.227 e. The van der Waals surface area contributed by atoms with Crippen LogP contribution in [0.25, 0.3) is 10.9 Å². The maximum absolute atomic E-state index is 13.2. The van der Waals surface area contributed by atoms with Crippen molar-refractivity contribution in [3.05, 3.63) is 33.1 Å². The number of nitrogens with zero attached hydrogens (tertiary/aromatic N) is 2. The molecule has 0 N–H and O–H groups in total. The van der Waals surface area contributed by atoms with Crippen LogP contribution in [-0.2, 0) is 5.92 Å². The van der Waals surface area contributed by atoms with Crippen molar-refractivity contribution in [3.63, 3.8) is 0 Å². The van der Waals surface area contributed by atoms with Crippen molar-refractivity contribution in [1.29, 1.82) is 0 Å². The van der Waals surface area contributed by atoms with Crippen molar-refractivity contribution >= 4 is 38.4 Å². The molecule has 0 atom stereocenters. The molecule has 0 amide bonds. The third kappa shape index (κ3) is 2.26. The molecule has 0 saturated carbocycles. The van der Waals surface area contributed by atoms with Gasteiger partial charge in [0.05, 0.1) is 5.52 Å². The van der Waals surface area contributed by atoms with Crippen molar-refractivity contribution in [3.8, 4) is 0 Å². The van der Waals surface area contributed by atoms with E-state index in [-0.39, 0.29) is 5.15 Å². The molecule has 0 unspecified atom stereocenters. The zero-order chi connectivity index (χ0) is 12.8. The quantitative estimate of drug-likeness (QED) is 0.724. The average Bonchev–Trinajstić information content (AvgIpc) is 2.22. The number of rotatable bonds is 1. The van der Waals surface area contributed by atoms with Crippen LogP contribution in [0.3, 0.4) is 0 Å². The minimum atomic E-state index is -3.10. The van der Waals surface area contributed by atoms with E-state index < -0.39 is 11.7 Å². The van der Waals surface area contributed by atoms with Crippen LogP contribution in [0.4, 0.5) is 8.78 Å². The summed E-state index contributed by atoms with van der Waals surface area (Å²) < 4.78 is 27.2. The molecule has 2 aromatic rings. The minimum absolute atomic E-state index is 0.0436. The molecule has 1 heterocycles. The first kappa shape index (κ1) is 12.6. The lowest BCUT2D eigenvalue weighted by Crippen LogP contribution is -2.13. The van der Waals surface area contributed by atoms with Crippen molar-refractivity contribution in [2.45, 2.75) is 19.8 Å². The average molecular weight is 322 g/mol. The SMILES string of the molecule is Cc1c(Br)ccc2c(Cl)nc(C(C)(F)F)nc12. The standard InChI is InChI=1S/C11H8BrClF2N2/c1-5-7(12)4-3-6-8(5)16-10(11(2,14)15)17-9(6)13/h3-4H,1-2H3. The number of benzene rings is 1. The van der Waals surface area contributed by atoms with Crippen LogP contribution < -0.4 is 0 Å². The molecule has 2 rings (SSSR count). The number of alkyl halides is 2. The fraction of sp³-hybridized carbons (Fsp3) is 0.273. The van der Waals surface area contributed by atoms with Gasteiger partial charge in [-0.2, -0.15) is 8.78 Å². The number of aromatic nitrogens is 2. The third-order valence-corrected chi connectivity index (χ3v) is 3.55. The van der Waals surface area contributed by atoms with E-state index in [9.17, 15) is 8.78 Å². The second kappa shape index (κ2) is 4.14. The first-order valence-electron chi connectivity index (χ1n) is 4.81. The number of halogens is 4. The zero-order valence-corrected chi connectivity index (χ0v) is 11.4. The maximum atomic E-state index is 13.2. The van der Waals surface area contributed by atoms with E-state index >= 15 is 0 Å². The van der Waals surface area contributed by atoms with Gasteiger partial charge >= 0.3 is 5.92 Å². The molecule has 0 spiro atoms. The molecule has 1 aromatic heterocycles. The van der Waals surface area contributed by atoms with Gasteiger partial charge < -0.3 is 0 Å². The molecule has 2 nitrogen and oxygen atoms in total. The van der Waals surface area contributed by atoms with Crippen LogP contribution in [0.1, 0.15) is 18.3 Å². The normalized spacial score (nSPS) is 12.1. The topological polar surface area (TPSA) is 25.8 Å². The summed E-state index contributed by atoms with van der Waals surface area (Å²) in [5.74, 6) is -3.66. The molecular weight excluding hydrogens is 313 g/mol. The predicted octanol–water partition coefficient (Wildman–Crippen LogP) is 4.47. The van der Waals surface area contributed by atoms with Gasteiger partial charge in [-0.1, -0.05) is 27.5 Å². The number of aryl methyl sites for hydroxylation is 1. The summed E-state index contributed by atoms with van der Waals surface area (Å²) in [5.41, 5.74) is 1.20. The largest absolute Gasteiger partial charge is 0.303 e. The second-order valence-corrected chi connectivity index (χ2v) is 5.01. The predicted molar refractivity (Wildman–Crippen MR) is 66.6 cm³/mol. The molecule has 6 heteroatoms. The Morgan fingerprint density at radius 3 is 2.53 bits per heavy atom. The molecule has 17 heavy (non-hydrogen) atoms. The number of hydrogen-bond donors (Lipinski definition) is 0. The Labute approximate surface area is 110 Å². The maximum Gasteiger partial charge on any atom is 0.303 e. The van der Waals surface area contributed by atoms with E-state index in [0.29, 0.717) is 10.9 Å². The molecule has 1 aromatic carbocycles. The summed E-state index contributed by atoms with van der Waals surface area (Å²) in [6.45, 7) is 2.53. The van der Waals surface area contributed by atoms with Crippen LogP contribution in [-0.4, -0.2) is 9.97 Å². The monoisotopic (exact) mass is 320 g/mol. The van der Waals surface area contributed by atoms with Crippen LogP contribution >= 0.6 is 27.5 Å². The Hall–Kier alpha value is -0.810. The van der Waals surface area contributed by atoms with E-state index in [1.807, 2.05) is 0 Å². The molecular formula is C11H8BrClF2N2. The molecule has 0 saturated heterocycles. The van der Waals surface area contributed by atoms with Gasteiger partial charge in [0, 0.05) is 16.8 Å². The molecule has 0 aliphatic carbocycles. The molecule has 0 aliphatic rings. The highest BCUT2D eigenvalue weighted by Crippen LogP contribution is 2.32. The van der Waals surface area contributed by atoms with Crippen LogP contribution in [0.15, 0.2) is 16.6 Å². The van der Waals surface area contributed by atoms with E-state index in [1.54, 1.807) is 19.1 Å². The lowest BCUT2D eigenvalue weighted by molar-refractivity contribution is 0.00808. The van der Waals surface area contributed by atoms with E-state index in [2.05, 4.69) is 25.9 Å². The molecule has 0 fully saturated rings. The minimum Gasteiger partial charge on any atom is -0.227 e. The van der Waals surface area contributed by atoms with Gasteiger partial charge in [0.2, 0.25) is 5.82 Å². The third-order valence-electron chi connectivity index (χ3n) is 2.40. The Kier molecular flexibility index (Phi) is 3.08. The second-order valence-electron chi connectivity index (χ2n) is 3.79. The highest BCUT2D eigenvalue weighted by atomic mass is 79.9. The first-order chi connectivity index (χ1) is 7.80. The van der Waals surface area contributed by atoms with E-state index in [1.165, 1.54) is 0 Å². The van der Waals surface area contributed by atoms with Gasteiger partial charge in [-0.05, 0) is 24.6 Å². The summed E-state index contributed by atoms with van der Waals surface area (Å²) in [6.07, 6.45) is 0. The van der Waals surface area contributed by atoms with Gasteiger partial charge in [-0.15, -0.1) is 0 Å². The van der Waals surface area contributed by atoms with Crippen LogP contribution in [0.2, 0.25) is 5.15 Å². The van der Waals surface area contributed by atoms with Crippen molar-refractivity contribution in [2.24, 2.45) is 0 Å². The Bertz CT molecular complexity index is 596. The lowest BCUT2D eigenvalue weighted by atomic mass is 10.1. The van der Waals surface area contributed by atoms with Crippen molar-refractivity contribution in [1.82, 2.24) is 9.97 Å². The van der Waals surface area contributed by atoms with Crippen LogP contribution in [0.5, 0.6) is 0 Å². The lowest BCUT2D eigenvalue weighted by Gasteiger charge is -2.11. The van der Waals surface area contributed by atoms with Crippen molar-refractivity contribution in [2.75, 3.05) is 0 Å². The molecule has 90 valence electrons. The van der Waals surface area contributed by atoms with Crippen molar-refractivity contribution < 1.29 is 8.78 Å². The Morgan fingerprint density at radius 1 is 1.29 bits per heavy atom. The molecule has 0 radical (unpaired) electrons. The first-order valence-corrected chi connectivity index (χ1v) is 5.98. The fourth-order valence-electron chi connectivity index (χ4n) is 1.47.